The molecule has 0 saturated carbocycles. The molecule has 0 unspecified atom stereocenters. The third-order valence-corrected chi connectivity index (χ3v) is 1.79. The van der Waals surface area contributed by atoms with E-state index in [-0.39, 0.29) is 6.03 Å². The van der Waals surface area contributed by atoms with Crippen molar-refractivity contribution in [2.24, 2.45) is 5.92 Å². The van der Waals surface area contributed by atoms with Crippen LogP contribution in [0.3, 0.4) is 0 Å². The molecule has 0 radical (unpaired) electrons. The van der Waals surface area contributed by atoms with Gasteiger partial charge in [-0.15, -0.1) is 0 Å². The standard InChI is InChI=1S/C10H22N2O/c1-5-6-7-11-10(13)12(4)8-9(2)3/h9H,5-8H2,1-4H3,(H,11,13). The fourth-order valence-electron chi connectivity index (χ4n) is 1.14. The minimum absolute atomic E-state index is 0.0437. The van der Waals surface area contributed by atoms with Gasteiger partial charge in [0.1, 0.15) is 0 Å². The van der Waals surface area contributed by atoms with Crippen molar-refractivity contribution >= 4 is 6.03 Å². The largest absolute Gasteiger partial charge is 0.338 e. The number of carbonyl (C=O) groups is 1. The molecular weight excluding hydrogens is 164 g/mol. The van der Waals surface area contributed by atoms with Crippen LogP contribution in [-0.2, 0) is 0 Å². The summed E-state index contributed by atoms with van der Waals surface area (Å²) in [5, 5.41) is 2.88. The van der Waals surface area contributed by atoms with E-state index >= 15 is 0 Å². The SMILES string of the molecule is CCCCNC(=O)N(C)CC(C)C. The number of urea groups is 1. The second kappa shape index (κ2) is 6.75. The fraction of sp³-hybridized carbons (Fsp3) is 0.900. The number of carbonyl (C=O) groups excluding carboxylic acids is 1. The molecule has 3 nitrogen and oxygen atoms in total. The number of hydrogen-bond acceptors (Lipinski definition) is 1. The number of hydrogen-bond donors (Lipinski definition) is 1. The molecule has 0 heterocycles. The highest BCUT2D eigenvalue weighted by atomic mass is 16.2. The molecule has 78 valence electrons. The van der Waals surface area contributed by atoms with E-state index in [4.69, 9.17) is 0 Å². The molecule has 0 aliphatic carbocycles. The highest BCUT2D eigenvalue weighted by molar-refractivity contribution is 5.73. The topological polar surface area (TPSA) is 32.3 Å². The van der Waals surface area contributed by atoms with Crippen molar-refractivity contribution < 1.29 is 4.79 Å². The van der Waals surface area contributed by atoms with Gasteiger partial charge >= 0.3 is 6.03 Å². The average molecular weight is 186 g/mol. The average Bonchev–Trinajstić information content (AvgIpc) is 2.03. The molecule has 1 N–H and O–H groups in total. The van der Waals surface area contributed by atoms with Crippen LogP contribution >= 0.6 is 0 Å². The van der Waals surface area contributed by atoms with Crippen molar-refractivity contribution in [3.8, 4) is 0 Å². The smallest absolute Gasteiger partial charge is 0.317 e. The highest BCUT2D eigenvalue weighted by Gasteiger charge is 2.07. The summed E-state index contributed by atoms with van der Waals surface area (Å²) in [6.45, 7) is 7.94. The van der Waals surface area contributed by atoms with E-state index in [1.807, 2.05) is 7.05 Å². The monoisotopic (exact) mass is 186 g/mol. The van der Waals surface area contributed by atoms with Gasteiger partial charge in [0.15, 0.2) is 0 Å². The molecule has 0 aromatic rings. The second-order valence-electron chi connectivity index (χ2n) is 3.86. The van der Waals surface area contributed by atoms with Crippen molar-refractivity contribution in [2.45, 2.75) is 33.6 Å². The predicted molar refractivity (Wildman–Crippen MR) is 55.8 cm³/mol. The van der Waals surface area contributed by atoms with E-state index in [2.05, 4.69) is 26.1 Å². The van der Waals surface area contributed by atoms with E-state index < -0.39 is 0 Å². The Morgan fingerprint density at radius 2 is 2.08 bits per heavy atom. The lowest BCUT2D eigenvalue weighted by molar-refractivity contribution is 0.203. The maximum absolute atomic E-state index is 11.4. The first-order chi connectivity index (χ1) is 6.07. The zero-order valence-electron chi connectivity index (χ0n) is 9.26. The Labute approximate surface area is 81.5 Å². The Kier molecular flexibility index (Phi) is 6.37. The Bertz CT molecular complexity index is 146. The van der Waals surface area contributed by atoms with Crippen molar-refractivity contribution in [1.82, 2.24) is 10.2 Å². The van der Waals surface area contributed by atoms with Gasteiger partial charge in [0.05, 0.1) is 0 Å². The van der Waals surface area contributed by atoms with Crippen LogP contribution < -0.4 is 5.32 Å². The van der Waals surface area contributed by atoms with Crippen molar-refractivity contribution in [3.63, 3.8) is 0 Å². The number of nitrogens with one attached hydrogen (secondary N) is 1. The molecule has 0 fully saturated rings. The summed E-state index contributed by atoms with van der Waals surface area (Å²) in [6, 6.07) is 0.0437. The predicted octanol–water partition coefficient (Wildman–Crippen LogP) is 2.08. The Hall–Kier alpha value is -0.730. The number of amides is 2. The van der Waals surface area contributed by atoms with Crippen molar-refractivity contribution in [2.75, 3.05) is 20.1 Å². The lowest BCUT2D eigenvalue weighted by Crippen LogP contribution is -2.39. The minimum Gasteiger partial charge on any atom is -0.338 e. The fourth-order valence-corrected chi connectivity index (χ4v) is 1.14. The molecule has 0 aliphatic rings. The van der Waals surface area contributed by atoms with Crippen LogP contribution in [0.5, 0.6) is 0 Å². The van der Waals surface area contributed by atoms with Crippen LogP contribution in [0.15, 0.2) is 0 Å². The van der Waals surface area contributed by atoms with Gasteiger partial charge in [0.2, 0.25) is 0 Å². The van der Waals surface area contributed by atoms with Gasteiger partial charge in [-0.3, -0.25) is 0 Å². The van der Waals surface area contributed by atoms with Crippen LogP contribution in [0.2, 0.25) is 0 Å². The molecule has 0 aromatic carbocycles. The molecule has 13 heavy (non-hydrogen) atoms. The molecule has 3 heteroatoms. The number of rotatable bonds is 5. The van der Waals surface area contributed by atoms with Gasteiger partial charge < -0.3 is 10.2 Å². The quantitative estimate of drug-likeness (QED) is 0.655. The Morgan fingerprint density at radius 3 is 2.54 bits per heavy atom. The number of unbranched alkanes of at least 4 members (excludes halogenated alkanes) is 1. The summed E-state index contributed by atoms with van der Waals surface area (Å²) in [5.41, 5.74) is 0. The molecule has 0 atom stereocenters. The molecule has 0 aliphatic heterocycles. The summed E-state index contributed by atoms with van der Waals surface area (Å²) in [6.07, 6.45) is 2.18. The first-order valence-corrected chi connectivity index (χ1v) is 5.06. The van der Waals surface area contributed by atoms with Gasteiger partial charge in [0, 0.05) is 20.1 Å². The molecule has 0 bridgehead atoms. The molecule has 2 amide bonds. The molecule has 0 rings (SSSR count). The summed E-state index contributed by atoms with van der Waals surface area (Å²) in [5.74, 6) is 0.530. The normalized spacial score (nSPS) is 10.2. The minimum atomic E-state index is 0.0437. The first kappa shape index (κ1) is 12.3. The van der Waals surface area contributed by atoms with E-state index in [9.17, 15) is 4.79 Å². The summed E-state index contributed by atoms with van der Waals surface area (Å²) < 4.78 is 0. The van der Waals surface area contributed by atoms with Crippen molar-refractivity contribution in [3.05, 3.63) is 0 Å². The molecule has 0 spiro atoms. The van der Waals surface area contributed by atoms with Crippen molar-refractivity contribution in [1.29, 1.82) is 0 Å². The van der Waals surface area contributed by atoms with Gasteiger partial charge in [-0.25, -0.2) is 4.79 Å². The third-order valence-electron chi connectivity index (χ3n) is 1.79. The molecular formula is C10H22N2O. The van der Waals surface area contributed by atoms with E-state index in [1.54, 1.807) is 4.90 Å². The Morgan fingerprint density at radius 1 is 1.46 bits per heavy atom. The summed E-state index contributed by atoms with van der Waals surface area (Å²) in [7, 11) is 1.83. The van der Waals surface area contributed by atoms with Crippen LogP contribution in [0.1, 0.15) is 33.6 Å². The van der Waals surface area contributed by atoms with Gasteiger partial charge in [0.25, 0.3) is 0 Å². The molecule has 0 saturated heterocycles. The second-order valence-corrected chi connectivity index (χ2v) is 3.86. The maximum atomic E-state index is 11.4. The van der Waals surface area contributed by atoms with Gasteiger partial charge in [-0.05, 0) is 12.3 Å². The Balaban J connectivity index is 3.57. The van der Waals surface area contributed by atoms with E-state index in [1.165, 1.54) is 0 Å². The van der Waals surface area contributed by atoms with E-state index in [0.717, 1.165) is 25.9 Å². The maximum Gasteiger partial charge on any atom is 0.317 e. The number of nitrogens with zero attached hydrogens (tertiary/aromatic N) is 1. The molecule has 0 aromatic heterocycles. The van der Waals surface area contributed by atoms with Gasteiger partial charge in [-0.1, -0.05) is 27.2 Å². The van der Waals surface area contributed by atoms with E-state index in [0.29, 0.717) is 5.92 Å². The van der Waals surface area contributed by atoms with Crippen LogP contribution in [-0.4, -0.2) is 31.1 Å². The zero-order valence-corrected chi connectivity index (χ0v) is 9.26. The summed E-state index contributed by atoms with van der Waals surface area (Å²) >= 11 is 0. The van der Waals surface area contributed by atoms with Gasteiger partial charge in [-0.2, -0.15) is 0 Å². The summed E-state index contributed by atoms with van der Waals surface area (Å²) in [4.78, 5) is 13.1. The first-order valence-electron chi connectivity index (χ1n) is 5.06. The van der Waals surface area contributed by atoms with Crippen LogP contribution in [0, 0.1) is 5.92 Å². The third kappa shape index (κ3) is 6.43. The highest BCUT2D eigenvalue weighted by Crippen LogP contribution is 1.95. The van der Waals surface area contributed by atoms with Crippen LogP contribution in [0.4, 0.5) is 4.79 Å². The van der Waals surface area contributed by atoms with Crippen LogP contribution in [0.25, 0.3) is 0 Å². The lowest BCUT2D eigenvalue weighted by Gasteiger charge is -2.19. The zero-order chi connectivity index (χ0) is 10.3. The lowest BCUT2D eigenvalue weighted by atomic mass is 10.2.